The maximum absolute atomic E-state index is 12.4. The van der Waals surface area contributed by atoms with E-state index in [9.17, 15) is 9.90 Å². The van der Waals surface area contributed by atoms with Crippen molar-refractivity contribution >= 4 is 5.91 Å². The minimum Gasteiger partial charge on any atom is -0.391 e. The highest BCUT2D eigenvalue weighted by atomic mass is 16.5. The lowest BCUT2D eigenvalue weighted by atomic mass is 9.90. The molecule has 2 fully saturated rings. The van der Waals surface area contributed by atoms with Crippen LogP contribution in [0, 0.1) is 0 Å². The van der Waals surface area contributed by atoms with Gasteiger partial charge in [-0.1, -0.05) is 12.8 Å². The molecule has 0 radical (unpaired) electrons. The van der Waals surface area contributed by atoms with Crippen LogP contribution in [0.4, 0.5) is 0 Å². The summed E-state index contributed by atoms with van der Waals surface area (Å²) in [5.41, 5.74) is -0.661. The second-order valence-corrected chi connectivity index (χ2v) is 5.52. The van der Waals surface area contributed by atoms with Crippen molar-refractivity contribution in [3.63, 3.8) is 0 Å². The third-order valence-electron chi connectivity index (χ3n) is 4.18. The van der Waals surface area contributed by atoms with Crippen molar-refractivity contribution in [2.24, 2.45) is 0 Å². The first-order valence-electron chi connectivity index (χ1n) is 6.64. The molecule has 1 heterocycles. The van der Waals surface area contributed by atoms with E-state index >= 15 is 0 Å². The van der Waals surface area contributed by atoms with Gasteiger partial charge in [-0.3, -0.25) is 4.79 Å². The number of carbonyl (C=O) groups excluding carboxylic acids is 1. The second kappa shape index (κ2) is 4.94. The van der Waals surface area contributed by atoms with E-state index in [0.29, 0.717) is 6.61 Å². The fourth-order valence-electron chi connectivity index (χ4n) is 3.01. The van der Waals surface area contributed by atoms with E-state index in [1.165, 1.54) is 0 Å². The van der Waals surface area contributed by atoms with Crippen molar-refractivity contribution in [2.75, 3.05) is 13.7 Å². The molecule has 4 heteroatoms. The normalized spacial score (nSPS) is 38.1. The number of ether oxygens (including phenoxy) is 1. The van der Waals surface area contributed by atoms with E-state index in [2.05, 4.69) is 0 Å². The highest BCUT2D eigenvalue weighted by molar-refractivity contribution is 5.85. The Kier molecular flexibility index (Phi) is 3.73. The molecule has 98 valence electrons. The Bertz CT molecular complexity index is 286. The summed E-state index contributed by atoms with van der Waals surface area (Å²) in [5, 5.41) is 9.98. The van der Waals surface area contributed by atoms with E-state index in [1.54, 1.807) is 11.9 Å². The Morgan fingerprint density at radius 1 is 1.35 bits per heavy atom. The van der Waals surface area contributed by atoms with Crippen molar-refractivity contribution in [3.8, 4) is 0 Å². The van der Waals surface area contributed by atoms with Gasteiger partial charge in [-0.2, -0.15) is 0 Å². The third-order valence-corrected chi connectivity index (χ3v) is 4.18. The third kappa shape index (κ3) is 2.47. The highest BCUT2D eigenvalue weighted by Crippen LogP contribution is 2.30. The SMILES string of the molecule is CN(C(=O)C1(C)CCCO1)C1CCCCC1O. The molecule has 1 aliphatic carbocycles. The van der Waals surface area contributed by atoms with Crippen LogP contribution in [0.5, 0.6) is 0 Å². The summed E-state index contributed by atoms with van der Waals surface area (Å²) in [6, 6.07) is -0.0303. The summed E-state index contributed by atoms with van der Waals surface area (Å²) in [5.74, 6) is 0.0287. The molecule has 0 aromatic heterocycles. The number of hydrogen-bond acceptors (Lipinski definition) is 3. The molecule has 1 aliphatic heterocycles. The van der Waals surface area contributed by atoms with Crippen molar-refractivity contribution in [1.82, 2.24) is 4.90 Å². The van der Waals surface area contributed by atoms with Crippen LogP contribution in [0.15, 0.2) is 0 Å². The van der Waals surface area contributed by atoms with Gasteiger partial charge >= 0.3 is 0 Å². The molecular weight excluding hydrogens is 218 g/mol. The van der Waals surface area contributed by atoms with Crippen LogP contribution in [-0.4, -0.2) is 47.3 Å². The molecule has 1 N–H and O–H groups in total. The minimum absolute atomic E-state index is 0.0287. The average molecular weight is 241 g/mol. The molecule has 1 saturated heterocycles. The maximum atomic E-state index is 12.4. The van der Waals surface area contributed by atoms with Gasteiger partial charge in [0.15, 0.2) is 0 Å². The summed E-state index contributed by atoms with van der Waals surface area (Å²) in [6.07, 6.45) is 5.23. The predicted octanol–water partition coefficient (Wildman–Crippen LogP) is 1.32. The summed E-state index contributed by atoms with van der Waals surface area (Å²) >= 11 is 0. The molecule has 0 aromatic rings. The zero-order valence-corrected chi connectivity index (χ0v) is 10.8. The molecular formula is C13H23NO3. The van der Waals surface area contributed by atoms with Gasteiger partial charge in [0.1, 0.15) is 5.60 Å². The van der Waals surface area contributed by atoms with Crippen LogP contribution < -0.4 is 0 Å². The Morgan fingerprint density at radius 2 is 2.06 bits per heavy atom. The summed E-state index contributed by atoms with van der Waals surface area (Å²) in [4.78, 5) is 14.1. The number of aliphatic hydroxyl groups excluding tert-OH is 1. The lowest BCUT2D eigenvalue weighted by Gasteiger charge is -2.38. The fraction of sp³-hybridized carbons (Fsp3) is 0.923. The first-order chi connectivity index (χ1) is 8.04. The lowest BCUT2D eigenvalue weighted by Crippen LogP contribution is -2.53. The van der Waals surface area contributed by atoms with E-state index in [1.807, 2.05) is 6.92 Å². The molecule has 2 aliphatic rings. The van der Waals surface area contributed by atoms with Gasteiger partial charge in [-0.05, 0) is 32.6 Å². The Morgan fingerprint density at radius 3 is 2.65 bits per heavy atom. The molecule has 3 unspecified atom stereocenters. The molecule has 0 aromatic carbocycles. The topological polar surface area (TPSA) is 49.8 Å². The van der Waals surface area contributed by atoms with Gasteiger partial charge in [0, 0.05) is 13.7 Å². The monoisotopic (exact) mass is 241 g/mol. The van der Waals surface area contributed by atoms with Crippen molar-refractivity contribution in [2.45, 2.75) is 63.2 Å². The minimum atomic E-state index is -0.661. The molecule has 0 bridgehead atoms. The van der Waals surface area contributed by atoms with Crippen LogP contribution in [-0.2, 0) is 9.53 Å². The lowest BCUT2D eigenvalue weighted by molar-refractivity contribution is -0.155. The Labute approximate surface area is 103 Å². The number of aliphatic hydroxyl groups is 1. The molecule has 1 amide bonds. The van der Waals surface area contributed by atoms with Crippen LogP contribution in [0.1, 0.15) is 45.4 Å². The predicted molar refractivity (Wildman–Crippen MR) is 64.6 cm³/mol. The summed E-state index contributed by atoms with van der Waals surface area (Å²) in [6.45, 7) is 2.54. The average Bonchev–Trinajstić information content (AvgIpc) is 2.76. The molecule has 0 spiro atoms. The Balaban J connectivity index is 2.03. The zero-order valence-electron chi connectivity index (χ0n) is 10.8. The van der Waals surface area contributed by atoms with Crippen LogP contribution in [0.2, 0.25) is 0 Å². The summed E-state index contributed by atoms with van der Waals surface area (Å²) in [7, 11) is 1.80. The molecule has 4 nitrogen and oxygen atoms in total. The van der Waals surface area contributed by atoms with Crippen molar-refractivity contribution in [1.29, 1.82) is 0 Å². The first-order valence-corrected chi connectivity index (χ1v) is 6.64. The first kappa shape index (κ1) is 12.8. The number of carbonyl (C=O) groups is 1. The van der Waals surface area contributed by atoms with Gasteiger partial charge in [0.2, 0.25) is 0 Å². The number of amides is 1. The van der Waals surface area contributed by atoms with Gasteiger partial charge < -0.3 is 14.7 Å². The van der Waals surface area contributed by atoms with Gasteiger partial charge in [0.05, 0.1) is 12.1 Å². The zero-order chi connectivity index (χ0) is 12.5. The molecule has 3 atom stereocenters. The summed E-state index contributed by atoms with van der Waals surface area (Å²) < 4.78 is 5.58. The van der Waals surface area contributed by atoms with Gasteiger partial charge in [-0.25, -0.2) is 0 Å². The maximum Gasteiger partial charge on any atom is 0.254 e. The molecule has 2 rings (SSSR count). The van der Waals surface area contributed by atoms with Gasteiger partial charge in [0.25, 0.3) is 5.91 Å². The van der Waals surface area contributed by atoms with Crippen molar-refractivity contribution < 1.29 is 14.6 Å². The van der Waals surface area contributed by atoms with Crippen molar-refractivity contribution in [3.05, 3.63) is 0 Å². The quantitative estimate of drug-likeness (QED) is 0.793. The number of nitrogens with zero attached hydrogens (tertiary/aromatic N) is 1. The number of hydrogen-bond donors (Lipinski definition) is 1. The second-order valence-electron chi connectivity index (χ2n) is 5.52. The Hall–Kier alpha value is -0.610. The standard InChI is InChI=1S/C13H23NO3/c1-13(8-5-9-17-13)12(16)14(2)10-6-3-4-7-11(10)15/h10-11,15H,3-9H2,1-2H3. The fourth-order valence-corrected chi connectivity index (χ4v) is 3.01. The highest BCUT2D eigenvalue weighted by Gasteiger charge is 2.42. The molecule has 17 heavy (non-hydrogen) atoms. The van der Waals surface area contributed by atoms with E-state index in [4.69, 9.17) is 4.74 Å². The van der Waals surface area contributed by atoms with Gasteiger partial charge in [-0.15, -0.1) is 0 Å². The van der Waals surface area contributed by atoms with E-state index in [-0.39, 0.29) is 18.1 Å². The largest absolute Gasteiger partial charge is 0.391 e. The number of likely N-dealkylation sites (N-methyl/N-ethyl adjacent to an activating group) is 1. The smallest absolute Gasteiger partial charge is 0.254 e. The number of rotatable bonds is 2. The van der Waals surface area contributed by atoms with Crippen LogP contribution in [0.25, 0.3) is 0 Å². The van der Waals surface area contributed by atoms with Crippen LogP contribution >= 0.6 is 0 Å². The molecule has 1 saturated carbocycles. The van der Waals surface area contributed by atoms with E-state index < -0.39 is 5.60 Å². The van der Waals surface area contributed by atoms with Crippen LogP contribution in [0.3, 0.4) is 0 Å². The van der Waals surface area contributed by atoms with E-state index in [0.717, 1.165) is 38.5 Å².